The molecule has 3 N–H and O–H groups in total. The molecular weight excluding hydrogens is 455 g/mol. The third kappa shape index (κ3) is 5.24. The number of hydrogen-bond donors (Lipinski definition) is 3. The Kier molecular flexibility index (Phi) is 6.69. The van der Waals surface area contributed by atoms with Gasteiger partial charge in [-0.05, 0) is 30.3 Å². The highest BCUT2D eigenvalue weighted by Gasteiger charge is 2.29. The van der Waals surface area contributed by atoms with Crippen molar-refractivity contribution in [2.45, 2.75) is 12.5 Å². The molecule has 2 aromatic heterocycles. The molecule has 4 rings (SSSR count). The summed E-state index contributed by atoms with van der Waals surface area (Å²) in [4.78, 5) is 38.1. The zero-order valence-corrected chi connectivity index (χ0v) is 18.5. The quantitative estimate of drug-likeness (QED) is 0.507. The van der Waals surface area contributed by atoms with Crippen LogP contribution in [-0.2, 0) is 4.79 Å². The number of nitrogens with one attached hydrogen (secondary N) is 3. The Morgan fingerprint density at radius 3 is 2.78 bits per heavy atom. The minimum absolute atomic E-state index is 0.0358. The second-order valence-corrected chi connectivity index (χ2v) is 9.28. The first-order valence-electron chi connectivity index (χ1n) is 10.1. The van der Waals surface area contributed by atoms with Gasteiger partial charge in [-0.1, -0.05) is 17.7 Å². The minimum Gasteiger partial charge on any atom is -0.343 e. The zero-order valence-electron chi connectivity index (χ0n) is 16.9. The van der Waals surface area contributed by atoms with E-state index in [0.29, 0.717) is 21.4 Å². The van der Waals surface area contributed by atoms with Crippen molar-refractivity contribution in [3.63, 3.8) is 0 Å². The molecule has 2 amide bonds. The molecule has 1 fully saturated rings. The molecule has 0 aliphatic carbocycles. The van der Waals surface area contributed by atoms with Crippen molar-refractivity contribution in [1.82, 2.24) is 9.88 Å². The van der Waals surface area contributed by atoms with Gasteiger partial charge in [-0.15, -0.1) is 11.3 Å². The lowest BCUT2D eigenvalue weighted by molar-refractivity contribution is -0.879. The molecule has 2 atom stereocenters. The summed E-state index contributed by atoms with van der Waals surface area (Å²) in [6.07, 6.45) is 2.30. The van der Waals surface area contributed by atoms with E-state index in [9.17, 15) is 18.8 Å². The maximum absolute atomic E-state index is 14.5. The van der Waals surface area contributed by atoms with E-state index in [1.807, 2.05) is 0 Å². The van der Waals surface area contributed by atoms with Gasteiger partial charge < -0.3 is 15.5 Å². The Bertz CT molecular complexity index is 1210. The molecular formula is C22H21ClFN4O3S+. The van der Waals surface area contributed by atoms with E-state index in [-0.39, 0.29) is 35.6 Å². The van der Waals surface area contributed by atoms with E-state index < -0.39 is 5.82 Å². The van der Waals surface area contributed by atoms with Gasteiger partial charge in [0.15, 0.2) is 6.54 Å². The fourth-order valence-electron chi connectivity index (χ4n) is 3.72. The van der Waals surface area contributed by atoms with Crippen LogP contribution in [0.15, 0.2) is 59.5 Å². The highest BCUT2D eigenvalue weighted by Crippen LogP contribution is 2.21. The third-order valence-corrected chi connectivity index (χ3v) is 6.48. The molecule has 1 saturated heterocycles. The van der Waals surface area contributed by atoms with Gasteiger partial charge in [0.1, 0.15) is 5.82 Å². The van der Waals surface area contributed by atoms with E-state index >= 15 is 0 Å². The van der Waals surface area contributed by atoms with Crippen molar-refractivity contribution < 1.29 is 18.9 Å². The fraction of sp³-hybridized carbons (Fsp3) is 0.227. The van der Waals surface area contributed by atoms with Crippen LogP contribution in [-0.4, -0.2) is 42.1 Å². The first-order chi connectivity index (χ1) is 15.4. The van der Waals surface area contributed by atoms with Crippen LogP contribution in [0, 0.1) is 5.82 Å². The molecule has 1 aliphatic heterocycles. The number of rotatable bonds is 6. The molecule has 1 aromatic carbocycles. The summed E-state index contributed by atoms with van der Waals surface area (Å²) < 4.78 is 16.4. The number of nitrogens with zero attached hydrogens (tertiary/aromatic N) is 1. The number of aromatic nitrogens is 1. The Hall–Kier alpha value is -3.01. The van der Waals surface area contributed by atoms with Crippen molar-refractivity contribution in [1.29, 1.82) is 0 Å². The number of pyridine rings is 1. The first kappa shape index (κ1) is 22.2. The summed E-state index contributed by atoms with van der Waals surface area (Å²) in [5.41, 5.74) is 0.160. The smallest absolute Gasteiger partial charge is 0.279 e. The molecule has 166 valence electrons. The largest absolute Gasteiger partial charge is 0.343 e. The van der Waals surface area contributed by atoms with Crippen molar-refractivity contribution in [3.05, 3.63) is 80.1 Å². The lowest BCUT2D eigenvalue weighted by Crippen LogP contribution is -3.11. The van der Waals surface area contributed by atoms with Gasteiger partial charge in [-0.2, -0.15) is 0 Å². The van der Waals surface area contributed by atoms with Gasteiger partial charge in [-0.3, -0.25) is 19.0 Å². The van der Waals surface area contributed by atoms with Crippen LogP contribution in [0.1, 0.15) is 16.1 Å². The van der Waals surface area contributed by atoms with E-state index in [2.05, 4.69) is 10.6 Å². The molecule has 7 nitrogen and oxygen atoms in total. The van der Waals surface area contributed by atoms with Crippen LogP contribution < -0.4 is 21.1 Å². The Balaban J connectivity index is 1.31. The van der Waals surface area contributed by atoms with Gasteiger partial charge in [-0.25, -0.2) is 4.39 Å². The average molecular weight is 476 g/mol. The van der Waals surface area contributed by atoms with Crippen LogP contribution >= 0.6 is 22.9 Å². The number of carbonyl (C=O) groups excluding carboxylic acids is 2. The SMILES string of the molecule is O=C(C[NH+]1CC[C@@H](NC(=O)c2ccc(Cl)s2)C1)Nc1ccc(-n2ccccc2=O)cc1F. The zero-order chi connectivity index (χ0) is 22.7. The van der Waals surface area contributed by atoms with Gasteiger partial charge in [0.2, 0.25) is 0 Å². The highest BCUT2D eigenvalue weighted by molar-refractivity contribution is 7.18. The number of amides is 2. The fourth-order valence-corrected chi connectivity index (χ4v) is 4.67. The number of halogens is 2. The normalized spacial score (nSPS) is 17.8. The summed E-state index contributed by atoms with van der Waals surface area (Å²) in [6.45, 7) is 1.50. The summed E-state index contributed by atoms with van der Waals surface area (Å²) in [7, 11) is 0. The monoisotopic (exact) mass is 475 g/mol. The van der Waals surface area contributed by atoms with Gasteiger partial charge in [0.25, 0.3) is 17.4 Å². The number of likely N-dealkylation sites (tertiary alicyclic amines) is 1. The lowest BCUT2D eigenvalue weighted by atomic mass is 10.2. The molecule has 0 bridgehead atoms. The van der Waals surface area contributed by atoms with Crippen molar-refractivity contribution in [2.24, 2.45) is 0 Å². The second-order valence-electron chi connectivity index (χ2n) is 7.56. The molecule has 3 heterocycles. The minimum atomic E-state index is -0.622. The van der Waals surface area contributed by atoms with Crippen molar-refractivity contribution in [3.8, 4) is 5.69 Å². The number of hydrogen-bond acceptors (Lipinski definition) is 4. The second kappa shape index (κ2) is 9.64. The first-order valence-corrected chi connectivity index (χ1v) is 11.3. The summed E-state index contributed by atoms with van der Waals surface area (Å²) >= 11 is 7.10. The average Bonchev–Trinajstić information content (AvgIpc) is 3.38. The van der Waals surface area contributed by atoms with Crippen LogP contribution in [0.3, 0.4) is 0 Å². The number of quaternary nitrogens is 1. The van der Waals surface area contributed by atoms with Crippen LogP contribution in [0.2, 0.25) is 4.34 Å². The molecule has 0 spiro atoms. The predicted octanol–water partition coefficient (Wildman–Crippen LogP) is 1.72. The van der Waals surface area contributed by atoms with E-state index in [4.69, 9.17) is 11.6 Å². The molecule has 1 aliphatic rings. The van der Waals surface area contributed by atoms with Gasteiger partial charge in [0.05, 0.1) is 39.7 Å². The number of carbonyl (C=O) groups is 2. The van der Waals surface area contributed by atoms with Crippen LogP contribution in [0.4, 0.5) is 10.1 Å². The number of benzene rings is 1. The standard InChI is InChI=1S/C22H20ClFN4O3S/c23-19-7-6-18(32-19)22(31)25-14-8-10-27(12-14)13-20(29)26-17-5-4-15(11-16(17)24)28-9-2-1-3-21(28)30/h1-7,9,11,14H,8,10,12-13H2,(H,25,31)(H,26,29)/p+1/t14-/m1/s1. The Labute approximate surface area is 192 Å². The van der Waals surface area contributed by atoms with Crippen molar-refractivity contribution in [2.75, 3.05) is 25.0 Å². The molecule has 10 heteroatoms. The Morgan fingerprint density at radius 1 is 1.22 bits per heavy atom. The molecule has 32 heavy (non-hydrogen) atoms. The highest BCUT2D eigenvalue weighted by atomic mass is 35.5. The van der Waals surface area contributed by atoms with E-state index in [1.54, 1.807) is 36.5 Å². The number of anilines is 1. The van der Waals surface area contributed by atoms with Gasteiger partial charge in [0, 0.05) is 24.8 Å². The Morgan fingerprint density at radius 2 is 2.06 bits per heavy atom. The predicted molar refractivity (Wildman–Crippen MR) is 121 cm³/mol. The van der Waals surface area contributed by atoms with E-state index in [1.165, 1.54) is 34.1 Å². The number of thiophene rings is 1. The van der Waals surface area contributed by atoms with E-state index in [0.717, 1.165) is 17.9 Å². The van der Waals surface area contributed by atoms with Crippen LogP contribution in [0.5, 0.6) is 0 Å². The van der Waals surface area contributed by atoms with Crippen molar-refractivity contribution >= 4 is 40.4 Å². The molecule has 3 aromatic rings. The summed E-state index contributed by atoms with van der Waals surface area (Å²) in [6, 6.07) is 12.2. The summed E-state index contributed by atoms with van der Waals surface area (Å²) in [5, 5.41) is 5.56. The topological polar surface area (TPSA) is 84.6 Å². The molecule has 0 saturated carbocycles. The lowest BCUT2D eigenvalue weighted by Gasteiger charge is -2.14. The molecule has 1 unspecified atom stereocenters. The molecule has 0 radical (unpaired) electrons. The van der Waals surface area contributed by atoms with Crippen LogP contribution in [0.25, 0.3) is 5.69 Å². The maximum Gasteiger partial charge on any atom is 0.279 e. The summed E-state index contributed by atoms with van der Waals surface area (Å²) in [5.74, 6) is -1.11. The maximum atomic E-state index is 14.5. The van der Waals surface area contributed by atoms with Gasteiger partial charge >= 0.3 is 0 Å². The third-order valence-electron chi connectivity index (χ3n) is 5.25.